The summed E-state index contributed by atoms with van der Waals surface area (Å²) in [5.74, 6) is -0.393. The molecule has 0 aliphatic rings. The summed E-state index contributed by atoms with van der Waals surface area (Å²) in [5, 5.41) is 6.42. The van der Waals surface area contributed by atoms with Crippen molar-refractivity contribution < 1.29 is 9.21 Å². The summed E-state index contributed by atoms with van der Waals surface area (Å²) >= 11 is 0. The second-order valence-corrected chi connectivity index (χ2v) is 4.20. The van der Waals surface area contributed by atoms with Gasteiger partial charge in [-0.15, -0.1) is 0 Å². The fourth-order valence-corrected chi connectivity index (χ4v) is 1.78. The second-order valence-electron chi connectivity index (χ2n) is 4.20. The summed E-state index contributed by atoms with van der Waals surface area (Å²) < 4.78 is 5.11. The summed E-state index contributed by atoms with van der Waals surface area (Å²) in [4.78, 5) is 23.6. The number of amides is 1. The lowest BCUT2D eigenvalue weighted by Crippen LogP contribution is -2.30. The van der Waals surface area contributed by atoms with E-state index in [0.29, 0.717) is 12.1 Å². The Kier molecular flexibility index (Phi) is 4.30. The van der Waals surface area contributed by atoms with Crippen molar-refractivity contribution in [3.63, 3.8) is 0 Å². The van der Waals surface area contributed by atoms with Crippen LogP contribution in [-0.4, -0.2) is 26.0 Å². The van der Waals surface area contributed by atoms with Gasteiger partial charge in [-0.1, -0.05) is 18.2 Å². The number of rotatable bonds is 5. The van der Waals surface area contributed by atoms with Crippen molar-refractivity contribution in [3.8, 4) is 0 Å². The Labute approximate surface area is 110 Å². The largest absolute Gasteiger partial charge is 0.422 e. The third-order valence-corrected chi connectivity index (χ3v) is 2.78. The lowest BCUT2D eigenvalue weighted by molar-refractivity contribution is 0.0950. The maximum absolute atomic E-state index is 11.9. The van der Waals surface area contributed by atoms with Crippen LogP contribution in [0.3, 0.4) is 0 Å². The number of para-hydroxylation sites is 1. The Morgan fingerprint density at radius 3 is 2.84 bits per heavy atom. The van der Waals surface area contributed by atoms with Gasteiger partial charge in [0.05, 0.1) is 0 Å². The summed E-state index contributed by atoms with van der Waals surface area (Å²) in [6.07, 6.45) is 0.807. The molecule has 5 nitrogen and oxygen atoms in total. The molecule has 1 aromatic carbocycles. The minimum Gasteiger partial charge on any atom is -0.422 e. The van der Waals surface area contributed by atoms with Gasteiger partial charge < -0.3 is 15.1 Å². The van der Waals surface area contributed by atoms with Gasteiger partial charge in [0.25, 0.3) is 5.91 Å². The van der Waals surface area contributed by atoms with E-state index in [2.05, 4.69) is 10.6 Å². The molecule has 0 saturated carbocycles. The highest BCUT2D eigenvalue weighted by Crippen LogP contribution is 2.12. The molecule has 0 aliphatic carbocycles. The molecule has 2 rings (SSSR count). The van der Waals surface area contributed by atoms with E-state index < -0.39 is 11.5 Å². The van der Waals surface area contributed by atoms with Gasteiger partial charge >= 0.3 is 5.63 Å². The lowest BCUT2D eigenvalue weighted by atomic mass is 10.2. The maximum atomic E-state index is 11.9. The van der Waals surface area contributed by atoms with Gasteiger partial charge in [0.1, 0.15) is 11.1 Å². The second kappa shape index (κ2) is 6.15. The normalized spacial score (nSPS) is 10.6. The third kappa shape index (κ3) is 3.20. The van der Waals surface area contributed by atoms with Crippen molar-refractivity contribution in [1.29, 1.82) is 0 Å². The minimum atomic E-state index is -0.607. The summed E-state index contributed by atoms with van der Waals surface area (Å²) in [6.45, 7) is 1.33. The van der Waals surface area contributed by atoms with Gasteiger partial charge in [-0.25, -0.2) is 4.79 Å². The van der Waals surface area contributed by atoms with Gasteiger partial charge in [0.15, 0.2) is 0 Å². The van der Waals surface area contributed by atoms with E-state index in [-0.39, 0.29) is 5.56 Å². The number of carbonyl (C=O) groups is 1. The van der Waals surface area contributed by atoms with Crippen molar-refractivity contribution in [2.24, 2.45) is 0 Å². The summed E-state index contributed by atoms with van der Waals surface area (Å²) in [6, 6.07) is 8.68. The predicted octanol–water partition coefficient (Wildman–Crippen LogP) is 1.13. The van der Waals surface area contributed by atoms with Gasteiger partial charge in [-0.3, -0.25) is 4.79 Å². The Morgan fingerprint density at radius 1 is 1.26 bits per heavy atom. The van der Waals surface area contributed by atoms with E-state index in [4.69, 9.17) is 4.42 Å². The molecule has 0 atom stereocenters. The lowest BCUT2D eigenvalue weighted by Gasteiger charge is -2.04. The quantitative estimate of drug-likeness (QED) is 0.624. The topological polar surface area (TPSA) is 71.3 Å². The number of nitrogens with one attached hydrogen (secondary N) is 2. The average molecular weight is 260 g/mol. The van der Waals surface area contributed by atoms with Crippen LogP contribution < -0.4 is 16.3 Å². The molecule has 1 heterocycles. The Bertz CT molecular complexity index is 634. The van der Waals surface area contributed by atoms with Crippen LogP contribution in [0.5, 0.6) is 0 Å². The van der Waals surface area contributed by atoms with Crippen LogP contribution in [0.1, 0.15) is 16.8 Å². The molecule has 2 aromatic rings. The zero-order valence-electron chi connectivity index (χ0n) is 10.7. The van der Waals surface area contributed by atoms with Crippen LogP contribution in [0.4, 0.5) is 0 Å². The number of benzene rings is 1. The molecule has 0 bridgehead atoms. The number of fused-ring (bicyclic) bond motifs is 1. The molecule has 0 unspecified atom stereocenters. The van der Waals surface area contributed by atoms with Gasteiger partial charge in [0, 0.05) is 11.9 Å². The van der Waals surface area contributed by atoms with E-state index in [1.165, 1.54) is 0 Å². The van der Waals surface area contributed by atoms with Gasteiger partial charge in [-0.2, -0.15) is 0 Å². The fourth-order valence-electron chi connectivity index (χ4n) is 1.78. The van der Waals surface area contributed by atoms with Gasteiger partial charge in [0.2, 0.25) is 0 Å². The molecule has 5 heteroatoms. The van der Waals surface area contributed by atoms with E-state index in [0.717, 1.165) is 18.4 Å². The first-order valence-electron chi connectivity index (χ1n) is 6.18. The molecular weight excluding hydrogens is 244 g/mol. The van der Waals surface area contributed by atoms with Crippen molar-refractivity contribution in [2.45, 2.75) is 6.42 Å². The zero-order valence-corrected chi connectivity index (χ0v) is 10.7. The van der Waals surface area contributed by atoms with E-state index >= 15 is 0 Å². The Morgan fingerprint density at radius 2 is 2.05 bits per heavy atom. The molecule has 1 aromatic heterocycles. The first kappa shape index (κ1) is 13.3. The van der Waals surface area contributed by atoms with Gasteiger partial charge in [-0.05, 0) is 32.1 Å². The maximum Gasteiger partial charge on any atom is 0.349 e. The van der Waals surface area contributed by atoms with Crippen molar-refractivity contribution in [1.82, 2.24) is 10.6 Å². The van der Waals surface area contributed by atoms with Crippen molar-refractivity contribution >= 4 is 16.9 Å². The Balaban J connectivity index is 2.17. The van der Waals surface area contributed by atoms with Crippen LogP contribution in [0.25, 0.3) is 11.0 Å². The monoisotopic (exact) mass is 260 g/mol. The zero-order chi connectivity index (χ0) is 13.7. The fraction of sp³-hybridized carbons (Fsp3) is 0.286. The summed E-state index contributed by atoms with van der Waals surface area (Å²) in [5.41, 5.74) is -0.0767. The summed E-state index contributed by atoms with van der Waals surface area (Å²) in [7, 11) is 1.85. The number of carbonyl (C=O) groups excluding carboxylic acids is 1. The highest BCUT2D eigenvalue weighted by molar-refractivity contribution is 5.96. The SMILES string of the molecule is CNCCCNC(=O)c1cc2ccccc2oc1=O. The first-order chi connectivity index (χ1) is 9.22. The van der Waals surface area contributed by atoms with E-state index in [1.54, 1.807) is 24.3 Å². The van der Waals surface area contributed by atoms with Crippen molar-refractivity contribution in [2.75, 3.05) is 20.1 Å². The predicted molar refractivity (Wildman–Crippen MR) is 73.4 cm³/mol. The van der Waals surface area contributed by atoms with Crippen LogP contribution in [0.2, 0.25) is 0 Å². The molecule has 19 heavy (non-hydrogen) atoms. The highest BCUT2D eigenvalue weighted by atomic mass is 16.4. The van der Waals surface area contributed by atoms with Crippen LogP contribution in [0, 0.1) is 0 Å². The van der Waals surface area contributed by atoms with Crippen LogP contribution in [-0.2, 0) is 0 Å². The Hall–Kier alpha value is -2.14. The smallest absolute Gasteiger partial charge is 0.349 e. The first-order valence-corrected chi connectivity index (χ1v) is 6.18. The third-order valence-electron chi connectivity index (χ3n) is 2.78. The average Bonchev–Trinajstić information content (AvgIpc) is 2.42. The molecule has 0 aliphatic heterocycles. The number of hydrogen-bond acceptors (Lipinski definition) is 4. The van der Waals surface area contributed by atoms with E-state index in [1.807, 2.05) is 13.1 Å². The highest BCUT2D eigenvalue weighted by Gasteiger charge is 2.12. The van der Waals surface area contributed by atoms with Crippen molar-refractivity contribution in [3.05, 3.63) is 46.3 Å². The molecule has 0 fully saturated rings. The van der Waals surface area contributed by atoms with Crippen LogP contribution in [0.15, 0.2) is 39.5 Å². The van der Waals surface area contributed by atoms with E-state index in [9.17, 15) is 9.59 Å². The molecule has 0 spiro atoms. The molecular formula is C14H16N2O3. The molecule has 2 N–H and O–H groups in total. The molecule has 100 valence electrons. The molecule has 0 radical (unpaired) electrons. The van der Waals surface area contributed by atoms with Crippen LogP contribution >= 0.6 is 0 Å². The molecule has 0 saturated heterocycles. The minimum absolute atomic E-state index is 0.0446. The standard InChI is InChI=1S/C14H16N2O3/c1-15-7-4-8-16-13(17)11-9-10-5-2-3-6-12(10)19-14(11)18/h2-3,5-6,9,15H,4,7-8H2,1H3,(H,16,17). The number of hydrogen-bond donors (Lipinski definition) is 2. The molecule has 1 amide bonds.